The molecule has 1 unspecified atom stereocenters. The van der Waals surface area contributed by atoms with Crippen LogP contribution in [0.4, 0.5) is 14.5 Å². The van der Waals surface area contributed by atoms with Crippen molar-refractivity contribution in [2.24, 2.45) is 0 Å². The van der Waals surface area contributed by atoms with Gasteiger partial charge in [0.05, 0.1) is 11.7 Å². The molecule has 0 saturated heterocycles. The number of rotatable bonds is 6. The average Bonchev–Trinajstić information content (AvgIpc) is 2.48. The Balaban J connectivity index is 2.23. The summed E-state index contributed by atoms with van der Waals surface area (Å²) in [5, 5.41) is 3.66. The van der Waals surface area contributed by atoms with Crippen molar-refractivity contribution in [2.45, 2.75) is 32.2 Å². The van der Waals surface area contributed by atoms with Crippen LogP contribution in [0.25, 0.3) is 0 Å². The lowest BCUT2D eigenvalue weighted by Gasteiger charge is -2.21. The molecule has 1 nitrogen and oxygen atoms in total. The van der Waals surface area contributed by atoms with Gasteiger partial charge in [-0.1, -0.05) is 43.5 Å². The molecule has 2 aromatic carbocycles. The van der Waals surface area contributed by atoms with Crippen molar-refractivity contribution in [3.63, 3.8) is 0 Å². The van der Waals surface area contributed by atoms with E-state index in [0.717, 1.165) is 24.8 Å². The first-order valence-corrected chi connectivity index (χ1v) is 7.45. The zero-order chi connectivity index (χ0) is 15.2. The van der Waals surface area contributed by atoms with Crippen LogP contribution in [0.2, 0.25) is 5.02 Å². The van der Waals surface area contributed by atoms with Gasteiger partial charge in [-0.2, -0.15) is 0 Å². The van der Waals surface area contributed by atoms with Crippen LogP contribution in [-0.4, -0.2) is 0 Å². The summed E-state index contributed by atoms with van der Waals surface area (Å²) in [6.45, 7) is 2.10. The van der Waals surface area contributed by atoms with Crippen molar-refractivity contribution in [1.82, 2.24) is 0 Å². The van der Waals surface area contributed by atoms with E-state index in [1.807, 2.05) is 0 Å². The summed E-state index contributed by atoms with van der Waals surface area (Å²) in [5.74, 6) is -0.620. The van der Waals surface area contributed by atoms with Crippen LogP contribution in [-0.2, 0) is 0 Å². The van der Waals surface area contributed by atoms with Gasteiger partial charge in [0, 0.05) is 5.02 Å². The first kappa shape index (κ1) is 15.8. The molecule has 0 fully saturated rings. The average molecular weight is 310 g/mol. The number of benzene rings is 2. The summed E-state index contributed by atoms with van der Waals surface area (Å²) < 4.78 is 26.9. The zero-order valence-electron chi connectivity index (χ0n) is 11.9. The third-order valence-corrected chi connectivity index (χ3v) is 3.61. The molecule has 0 aliphatic rings. The minimum Gasteiger partial charge on any atom is -0.376 e. The summed E-state index contributed by atoms with van der Waals surface area (Å²) in [5.41, 5.74) is 1.30. The van der Waals surface area contributed by atoms with Gasteiger partial charge in [0.15, 0.2) is 0 Å². The molecule has 0 bridgehead atoms. The highest BCUT2D eigenvalue weighted by molar-refractivity contribution is 6.30. The second kappa shape index (κ2) is 7.41. The van der Waals surface area contributed by atoms with Crippen molar-refractivity contribution < 1.29 is 8.78 Å². The van der Waals surface area contributed by atoms with Gasteiger partial charge in [0.25, 0.3) is 0 Å². The Morgan fingerprint density at radius 1 is 1.10 bits per heavy atom. The zero-order valence-corrected chi connectivity index (χ0v) is 12.6. The fourth-order valence-corrected chi connectivity index (χ4v) is 2.39. The van der Waals surface area contributed by atoms with Gasteiger partial charge >= 0.3 is 0 Å². The molecule has 2 rings (SSSR count). The van der Waals surface area contributed by atoms with E-state index in [-0.39, 0.29) is 17.7 Å². The Hall–Kier alpha value is -1.61. The van der Waals surface area contributed by atoms with E-state index >= 15 is 0 Å². The third kappa shape index (κ3) is 4.43. The predicted octanol–water partition coefficient (Wildman–Crippen LogP) is 5.96. The Kier molecular flexibility index (Phi) is 5.57. The maximum Gasteiger partial charge on any atom is 0.146 e. The molecule has 0 aliphatic carbocycles. The first-order chi connectivity index (χ1) is 10.1. The highest BCUT2D eigenvalue weighted by atomic mass is 35.5. The van der Waals surface area contributed by atoms with Gasteiger partial charge in [0.2, 0.25) is 0 Å². The van der Waals surface area contributed by atoms with Crippen molar-refractivity contribution in [2.75, 3.05) is 5.32 Å². The van der Waals surface area contributed by atoms with Crippen LogP contribution in [0.1, 0.15) is 37.8 Å². The van der Waals surface area contributed by atoms with Crippen LogP contribution in [0.3, 0.4) is 0 Å². The third-order valence-electron chi connectivity index (χ3n) is 3.38. The van der Waals surface area contributed by atoms with Crippen LogP contribution >= 0.6 is 11.6 Å². The molecule has 0 aromatic heterocycles. The van der Waals surface area contributed by atoms with Crippen LogP contribution in [0, 0.1) is 11.6 Å². The normalized spacial score (nSPS) is 12.2. The van der Waals surface area contributed by atoms with E-state index in [1.165, 1.54) is 24.3 Å². The van der Waals surface area contributed by atoms with Crippen molar-refractivity contribution in [3.8, 4) is 0 Å². The highest BCUT2D eigenvalue weighted by Gasteiger charge is 2.13. The van der Waals surface area contributed by atoms with Crippen molar-refractivity contribution >= 4 is 17.3 Å². The first-order valence-electron chi connectivity index (χ1n) is 7.07. The lowest BCUT2D eigenvalue weighted by atomic mass is 10.0. The van der Waals surface area contributed by atoms with Gasteiger partial charge < -0.3 is 5.32 Å². The molecule has 1 atom stereocenters. The maximum absolute atomic E-state index is 13.9. The van der Waals surface area contributed by atoms with Gasteiger partial charge in [-0.3, -0.25) is 0 Å². The molecule has 2 aromatic rings. The molecule has 0 saturated carbocycles. The second-order valence-electron chi connectivity index (χ2n) is 5.01. The van der Waals surface area contributed by atoms with Crippen LogP contribution in [0.15, 0.2) is 42.5 Å². The molecular weight excluding hydrogens is 292 g/mol. The Morgan fingerprint density at radius 2 is 1.81 bits per heavy atom. The molecule has 0 heterocycles. The smallest absolute Gasteiger partial charge is 0.146 e. The number of hydrogen-bond acceptors (Lipinski definition) is 1. The lowest BCUT2D eigenvalue weighted by Crippen LogP contribution is -2.12. The number of anilines is 1. The maximum atomic E-state index is 13.9. The van der Waals surface area contributed by atoms with Gasteiger partial charge in [0.1, 0.15) is 11.6 Å². The van der Waals surface area contributed by atoms with E-state index in [1.54, 1.807) is 18.2 Å². The van der Waals surface area contributed by atoms with Gasteiger partial charge in [-0.15, -0.1) is 0 Å². The molecule has 0 aliphatic heterocycles. The van der Waals surface area contributed by atoms with Crippen molar-refractivity contribution in [1.29, 1.82) is 0 Å². The summed E-state index contributed by atoms with van der Waals surface area (Å²) in [6.07, 6.45) is 2.88. The molecular formula is C17H18ClF2N. The Bertz CT molecular complexity index is 584. The van der Waals surface area contributed by atoms with Crippen LogP contribution in [0.5, 0.6) is 0 Å². The largest absolute Gasteiger partial charge is 0.376 e. The summed E-state index contributed by atoms with van der Waals surface area (Å²) in [6, 6.07) is 10.6. The molecule has 0 amide bonds. The quantitative estimate of drug-likeness (QED) is 0.694. The molecule has 21 heavy (non-hydrogen) atoms. The van der Waals surface area contributed by atoms with Gasteiger partial charge in [-0.25, -0.2) is 8.78 Å². The predicted molar refractivity (Wildman–Crippen MR) is 83.7 cm³/mol. The number of unbranched alkanes of at least 4 members (excludes halogenated alkanes) is 1. The van der Waals surface area contributed by atoms with E-state index in [2.05, 4.69) is 12.2 Å². The Morgan fingerprint density at radius 3 is 2.48 bits per heavy atom. The second-order valence-corrected chi connectivity index (χ2v) is 5.45. The minimum atomic E-state index is -0.344. The standard InChI is InChI=1S/C17H18ClF2N/c1-2-3-4-16(12-5-8-14(19)9-6-12)21-17-11-13(18)7-10-15(17)20/h5-11,16,21H,2-4H2,1H3. The number of nitrogens with one attached hydrogen (secondary N) is 1. The summed E-state index contributed by atoms with van der Waals surface area (Å²) in [4.78, 5) is 0. The van der Waals surface area contributed by atoms with Gasteiger partial charge in [-0.05, 0) is 42.3 Å². The van der Waals surface area contributed by atoms with Crippen LogP contribution < -0.4 is 5.32 Å². The lowest BCUT2D eigenvalue weighted by molar-refractivity contribution is 0.603. The molecule has 112 valence electrons. The summed E-state index contributed by atoms with van der Waals surface area (Å²) in [7, 11) is 0. The highest BCUT2D eigenvalue weighted by Crippen LogP contribution is 2.28. The number of halogens is 3. The summed E-state index contributed by atoms with van der Waals surface area (Å²) >= 11 is 5.92. The fraction of sp³-hybridized carbons (Fsp3) is 0.294. The fourth-order valence-electron chi connectivity index (χ4n) is 2.22. The molecule has 1 N–H and O–H groups in total. The van der Waals surface area contributed by atoms with E-state index in [9.17, 15) is 8.78 Å². The SMILES string of the molecule is CCCCC(Nc1cc(Cl)ccc1F)c1ccc(F)cc1. The number of hydrogen-bond donors (Lipinski definition) is 1. The molecule has 4 heteroatoms. The van der Waals surface area contributed by atoms with Crippen molar-refractivity contribution in [3.05, 3.63) is 64.7 Å². The van der Waals surface area contributed by atoms with E-state index in [4.69, 9.17) is 11.6 Å². The van der Waals surface area contributed by atoms with E-state index in [0.29, 0.717) is 10.7 Å². The monoisotopic (exact) mass is 309 g/mol. The topological polar surface area (TPSA) is 12.0 Å². The molecule has 0 spiro atoms. The Labute approximate surface area is 128 Å². The minimum absolute atomic E-state index is 0.0708. The molecule has 0 radical (unpaired) electrons. The van der Waals surface area contributed by atoms with E-state index < -0.39 is 0 Å².